The standard InChI is InChI=1S/C22H25ClN2O4/c1-14(24-21(28)29-22(2,3)4)18(26)13-15-9-8-12-17(23)19(15)20(27)25-16-10-6-5-7-11-16/h5-12,14H,13H2,1-4H3,(H,24,28)(H,25,27). The average Bonchev–Trinajstić information content (AvgIpc) is 2.60. The summed E-state index contributed by atoms with van der Waals surface area (Å²) < 4.78 is 5.17. The molecule has 0 radical (unpaired) electrons. The first-order valence-electron chi connectivity index (χ1n) is 9.23. The molecule has 0 spiro atoms. The minimum absolute atomic E-state index is 0.0604. The fourth-order valence-electron chi connectivity index (χ4n) is 2.59. The number of halogens is 1. The van der Waals surface area contributed by atoms with Crippen LogP contribution in [0.15, 0.2) is 48.5 Å². The van der Waals surface area contributed by atoms with Crippen LogP contribution in [0.5, 0.6) is 0 Å². The van der Waals surface area contributed by atoms with Gasteiger partial charge in [-0.05, 0) is 51.5 Å². The molecule has 0 saturated heterocycles. The van der Waals surface area contributed by atoms with E-state index in [2.05, 4.69) is 10.6 Å². The molecule has 0 aliphatic carbocycles. The molecule has 7 heteroatoms. The van der Waals surface area contributed by atoms with Gasteiger partial charge in [-0.2, -0.15) is 0 Å². The van der Waals surface area contributed by atoms with Crippen molar-refractivity contribution in [2.75, 3.05) is 5.32 Å². The normalized spacial score (nSPS) is 12.0. The van der Waals surface area contributed by atoms with Crippen LogP contribution in [0.25, 0.3) is 0 Å². The molecule has 2 aromatic rings. The molecule has 0 bridgehead atoms. The van der Waals surface area contributed by atoms with Gasteiger partial charge in [0.05, 0.1) is 16.6 Å². The second-order valence-corrected chi connectivity index (χ2v) is 8.01. The van der Waals surface area contributed by atoms with Crippen molar-refractivity contribution in [1.82, 2.24) is 5.32 Å². The number of hydrogen-bond acceptors (Lipinski definition) is 4. The molecule has 0 saturated carbocycles. The van der Waals surface area contributed by atoms with Crippen LogP contribution in [0, 0.1) is 0 Å². The zero-order valence-corrected chi connectivity index (χ0v) is 17.7. The number of ketones is 1. The van der Waals surface area contributed by atoms with E-state index in [0.29, 0.717) is 11.3 Å². The highest BCUT2D eigenvalue weighted by atomic mass is 35.5. The maximum Gasteiger partial charge on any atom is 0.408 e. The number of ether oxygens (including phenoxy) is 1. The molecular formula is C22H25ClN2O4. The largest absolute Gasteiger partial charge is 0.444 e. The van der Waals surface area contributed by atoms with Crippen molar-refractivity contribution < 1.29 is 19.1 Å². The van der Waals surface area contributed by atoms with Crippen LogP contribution in [-0.4, -0.2) is 29.4 Å². The first kappa shape index (κ1) is 22.4. The Morgan fingerprint density at radius 3 is 2.31 bits per heavy atom. The average molecular weight is 417 g/mol. The Labute approximate surface area is 175 Å². The lowest BCUT2D eigenvalue weighted by Gasteiger charge is -2.21. The lowest BCUT2D eigenvalue weighted by atomic mass is 9.99. The van der Waals surface area contributed by atoms with Gasteiger partial charge in [0.2, 0.25) is 0 Å². The van der Waals surface area contributed by atoms with Crippen molar-refractivity contribution in [2.45, 2.75) is 45.8 Å². The Balaban J connectivity index is 2.12. The highest BCUT2D eigenvalue weighted by Gasteiger charge is 2.23. The number of hydrogen-bond donors (Lipinski definition) is 2. The topological polar surface area (TPSA) is 84.5 Å². The van der Waals surface area contributed by atoms with Crippen molar-refractivity contribution in [1.29, 1.82) is 0 Å². The number of carbonyl (C=O) groups excluding carboxylic acids is 3. The highest BCUT2D eigenvalue weighted by Crippen LogP contribution is 2.23. The molecule has 1 atom stereocenters. The summed E-state index contributed by atoms with van der Waals surface area (Å²) in [5, 5.41) is 5.54. The van der Waals surface area contributed by atoms with Gasteiger partial charge in [0.15, 0.2) is 5.78 Å². The molecule has 29 heavy (non-hydrogen) atoms. The quantitative estimate of drug-likeness (QED) is 0.719. The predicted molar refractivity (Wildman–Crippen MR) is 113 cm³/mol. The minimum atomic E-state index is -0.783. The second kappa shape index (κ2) is 9.56. The van der Waals surface area contributed by atoms with E-state index >= 15 is 0 Å². The predicted octanol–water partition coefficient (Wildman–Crippen LogP) is 4.62. The maximum atomic E-state index is 12.7. The number of carbonyl (C=O) groups is 3. The Morgan fingerprint density at radius 1 is 1.03 bits per heavy atom. The SMILES string of the molecule is CC(NC(=O)OC(C)(C)C)C(=O)Cc1cccc(Cl)c1C(=O)Nc1ccccc1. The van der Waals surface area contributed by atoms with Gasteiger partial charge >= 0.3 is 6.09 Å². The molecule has 2 aromatic carbocycles. The summed E-state index contributed by atoms with van der Waals surface area (Å²) in [5.41, 5.74) is 0.668. The molecule has 1 unspecified atom stereocenters. The molecule has 2 N–H and O–H groups in total. The third-order valence-electron chi connectivity index (χ3n) is 3.94. The number of amides is 2. The van der Waals surface area contributed by atoms with Gasteiger partial charge in [-0.1, -0.05) is 41.9 Å². The Hall–Kier alpha value is -2.86. The summed E-state index contributed by atoms with van der Waals surface area (Å²) in [6, 6.07) is 13.1. The van der Waals surface area contributed by atoms with Crippen LogP contribution in [0.4, 0.5) is 10.5 Å². The number of rotatable bonds is 6. The fourth-order valence-corrected chi connectivity index (χ4v) is 2.87. The summed E-state index contributed by atoms with van der Waals surface area (Å²) in [4.78, 5) is 37.2. The molecular weight excluding hydrogens is 392 g/mol. The van der Waals surface area contributed by atoms with Crippen LogP contribution >= 0.6 is 11.6 Å². The molecule has 154 valence electrons. The minimum Gasteiger partial charge on any atom is -0.444 e. The van der Waals surface area contributed by atoms with E-state index in [4.69, 9.17) is 16.3 Å². The molecule has 2 amide bonds. The molecule has 0 aromatic heterocycles. The molecule has 6 nitrogen and oxygen atoms in total. The van der Waals surface area contributed by atoms with Crippen molar-refractivity contribution in [3.63, 3.8) is 0 Å². The Morgan fingerprint density at radius 2 is 1.69 bits per heavy atom. The zero-order valence-electron chi connectivity index (χ0n) is 16.9. The van der Waals surface area contributed by atoms with Gasteiger partial charge in [-0.3, -0.25) is 9.59 Å². The van der Waals surface area contributed by atoms with Crippen molar-refractivity contribution in [2.24, 2.45) is 0 Å². The van der Waals surface area contributed by atoms with E-state index < -0.39 is 23.6 Å². The van der Waals surface area contributed by atoms with E-state index in [1.807, 2.05) is 6.07 Å². The Bertz CT molecular complexity index is 891. The molecule has 0 fully saturated rings. The summed E-state index contributed by atoms with van der Waals surface area (Å²) in [5.74, 6) is -0.677. The van der Waals surface area contributed by atoms with Gasteiger partial charge in [0.25, 0.3) is 5.91 Å². The number of anilines is 1. The third kappa shape index (κ3) is 6.91. The van der Waals surface area contributed by atoms with E-state index in [1.165, 1.54) is 0 Å². The lowest BCUT2D eigenvalue weighted by Crippen LogP contribution is -2.42. The smallest absolute Gasteiger partial charge is 0.408 e. The summed E-state index contributed by atoms with van der Waals surface area (Å²) >= 11 is 6.25. The van der Waals surface area contributed by atoms with Gasteiger partial charge in [-0.15, -0.1) is 0 Å². The highest BCUT2D eigenvalue weighted by molar-refractivity contribution is 6.34. The number of para-hydroxylation sites is 1. The third-order valence-corrected chi connectivity index (χ3v) is 4.25. The van der Waals surface area contributed by atoms with Gasteiger partial charge < -0.3 is 15.4 Å². The van der Waals surface area contributed by atoms with Crippen LogP contribution in [0.3, 0.4) is 0 Å². The summed E-state index contributed by atoms with van der Waals surface area (Å²) in [7, 11) is 0. The van der Waals surface area contributed by atoms with Crippen LogP contribution in [0.1, 0.15) is 43.6 Å². The van der Waals surface area contributed by atoms with E-state index in [9.17, 15) is 14.4 Å². The van der Waals surface area contributed by atoms with E-state index in [1.54, 1.807) is 70.2 Å². The van der Waals surface area contributed by atoms with Crippen LogP contribution in [0.2, 0.25) is 5.02 Å². The second-order valence-electron chi connectivity index (χ2n) is 7.61. The lowest BCUT2D eigenvalue weighted by molar-refractivity contribution is -0.120. The van der Waals surface area contributed by atoms with Gasteiger partial charge in [0.1, 0.15) is 5.60 Å². The molecule has 2 rings (SSSR count). The van der Waals surface area contributed by atoms with Gasteiger partial charge in [-0.25, -0.2) is 4.79 Å². The van der Waals surface area contributed by atoms with E-state index in [-0.39, 0.29) is 22.8 Å². The van der Waals surface area contributed by atoms with Gasteiger partial charge in [0, 0.05) is 12.1 Å². The monoisotopic (exact) mass is 416 g/mol. The zero-order chi connectivity index (χ0) is 21.6. The molecule has 0 heterocycles. The van der Waals surface area contributed by atoms with Crippen molar-refractivity contribution in [3.05, 3.63) is 64.7 Å². The first-order valence-corrected chi connectivity index (χ1v) is 9.60. The fraction of sp³-hybridized carbons (Fsp3) is 0.318. The summed E-state index contributed by atoms with van der Waals surface area (Å²) in [6.07, 6.45) is -0.735. The van der Waals surface area contributed by atoms with Crippen LogP contribution in [-0.2, 0) is 16.0 Å². The maximum absolute atomic E-state index is 12.7. The first-order chi connectivity index (χ1) is 13.6. The summed E-state index contributed by atoms with van der Waals surface area (Å²) in [6.45, 7) is 6.79. The van der Waals surface area contributed by atoms with Crippen LogP contribution < -0.4 is 10.6 Å². The van der Waals surface area contributed by atoms with E-state index in [0.717, 1.165) is 0 Å². The molecule has 0 aliphatic rings. The van der Waals surface area contributed by atoms with Crippen molar-refractivity contribution in [3.8, 4) is 0 Å². The number of Topliss-reactive ketones (excluding diaryl/α,β-unsaturated/α-hetero) is 1. The number of nitrogens with one attached hydrogen (secondary N) is 2. The van der Waals surface area contributed by atoms with Crippen molar-refractivity contribution >= 4 is 35.1 Å². The number of alkyl carbamates (subject to hydrolysis) is 1. The number of benzene rings is 2. The Kier molecular flexibility index (Phi) is 7.40. The molecule has 0 aliphatic heterocycles.